The van der Waals surface area contributed by atoms with Gasteiger partial charge in [0.25, 0.3) is 5.91 Å². The number of methoxy groups -OCH3 is 1. The highest BCUT2D eigenvalue weighted by Gasteiger charge is 2.35. The summed E-state index contributed by atoms with van der Waals surface area (Å²) >= 11 is 2.57. The van der Waals surface area contributed by atoms with E-state index in [1.165, 1.54) is 35.2 Å². The van der Waals surface area contributed by atoms with Crippen LogP contribution in [0, 0.1) is 5.41 Å². The Bertz CT molecular complexity index is 1410. The van der Waals surface area contributed by atoms with E-state index in [0.29, 0.717) is 27.8 Å². The Morgan fingerprint density at radius 3 is 2.69 bits per heavy atom. The summed E-state index contributed by atoms with van der Waals surface area (Å²) in [6, 6.07) is 18.2. The molecule has 35 heavy (non-hydrogen) atoms. The Morgan fingerprint density at radius 2 is 1.94 bits per heavy atom. The number of nitrogens with zero attached hydrogens (tertiary/aromatic N) is 3. The van der Waals surface area contributed by atoms with Gasteiger partial charge in [-0.2, -0.15) is 15.1 Å². The molecule has 0 aliphatic carbocycles. The SMILES string of the molecule is COc1cc(/C=C2/C(=N)N3N=C(Cc4ccccc4)SC3=NC2=O)ccc1OC(=O)c1cccs1. The van der Waals surface area contributed by atoms with Crippen LogP contribution in [0.4, 0.5) is 0 Å². The van der Waals surface area contributed by atoms with Crippen molar-refractivity contribution in [1.29, 1.82) is 5.41 Å². The van der Waals surface area contributed by atoms with Crippen LogP contribution in [0.25, 0.3) is 6.08 Å². The summed E-state index contributed by atoms with van der Waals surface area (Å²) in [6.45, 7) is 0. The molecule has 1 N–H and O–H groups in total. The van der Waals surface area contributed by atoms with Gasteiger partial charge in [0.1, 0.15) is 9.92 Å². The Kier molecular flexibility index (Phi) is 6.30. The fourth-order valence-electron chi connectivity index (χ4n) is 3.44. The van der Waals surface area contributed by atoms with Crippen LogP contribution in [0.15, 0.2) is 81.7 Å². The lowest BCUT2D eigenvalue weighted by molar-refractivity contribution is -0.114. The van der Waals surface area contributed by atoms with E-state index in [1.807, 2.05) is 30.3 Å². The Hall–Kier alpha value is -4.02. The number of thioether (sulfide) groups is 1. The smallest absolute Gasteiger partial charge is 0.353 e. The zero-order chi connectivity index (χ0) is 24.4. The molecule has 174 valence electrons. The van der Waals surface area contributed by atoms with Crippen LogP contribution in [-0.4, -0.2) is 40.0 Å². The average molecular weight is 503 g/mol. The number of thiophene rings is 1. The van der Waals surface area contributed by atoms with E-state index in [2.05, 4.69) is 10.1 Å². The van der Waals surface area contributed by atoms with Gasteiger partial charge in [-0.1, -0.05) is 42.5 Å². The summed E-state index contributed by atoms with van der Waals surface area (Å²) in [7, 11) is 1.46. The van der Waals surface area contributed by atoms with Crippen molar-refractivity contribution in [2.24, 2.45) is 10.1 Å². The van der Waals surface area contributed by atoms with E-state index in [0.717, 1.165) is 10.6 Å². The van der Waals surface area contributed by atoms with Crippen LogP contribution >= 0.6 is 23.1 Å². The van der Waals surface area contributed by atoms with Crippen molar-refractivity contribution in [3.8, 4) is 11.5 Å². The molecule has 3 aromatic rings. The van der Waals surface area contributed by atoms with E-state index >= 15 is 0 Å². The zero-order valence-electron chi connectivity index (χ0n) is 18.4. The molecule has 5 rings (SSSR count). The molecule has 0 atom stereocenters. The van der Waals surface area contributed by atoms with Crippen LogP contribution in [0.2, 0.25) is 0 Å². The molecule has 2 aromatic carbocycles. The van der Waals surface area contributed by atoms with Crippen LogP contribution < -0.4 is 9.47 Å². The van der Waals surface area contributed by atoms with Crippen LogP contribution in [0.5, 0.6) is 11.5 Å². The first kappa shape index (κ1) is 22.8. The van der Waals surface area contributed by atoms with Crippen molar-refractivity contribution in [2.45, 2.75) is 6.42 Å². The molecule has 0 bridgehead atoms. The molecule has 0 saturated carbocycles. The Morgan fingerprint density at radius 1 is 1.11 bits per heavy atom. The number of ether oxygens (including phenoxy) is 2. The highest BCUT2D eigenvalue weighted by Crippen LogP contribution is 2.32. The van der Waals surface area contributed by atoms with Crippen molar-refractivity contribution >= 4 is 57.1 Å². The second-order valence-corrected chi connectivity index (χ2v) is 9.44. The Labute approximate surface area is 209 Å². The number of amidine groups is 2. The van der Waals surface area contributed by atoms with Gasteiger partial charge in [-0.25, -0.2) is 4.79 Å². The molecule has 0 saturated heterocycles. The summed E-state index contributed by atoms with van der Waals surface area (Å²) in [4.78, 5) is 29.6. The van der Waals surface area contributed by atoms with E-state index in [1.54, 1.807) is 41.8 Å². The third-order valence-electron chi connectivity index (χ3n) is 5.12. The molecule has 2 aliphatic rings. The highest BCUT2D eigenvalue weighted by molar-refractivity contribution is 8.26. The first-order valence-electron chi connectivity index (χ1n) is 10.5. The van der Waals surface area contributed by atoms with Crippen molar-refractivity contribution in [1.82, 2.24) is 5.01 Å². The molecule has 3 heterocycles. The number of benzene rings is 2. The minimum Gasteiger partial charge on any atom is -0.493 e. The lowest BCUT2D eigenvalue weighted by Gasteiger charge is -2.20. The molecular weight excluding hydrogens is 484 g/mol. The normalized spacial score (nSPS) is 16.1. The second kappa shape index (κ2) is 9.69. The maximum atomic E-state index is 12.7. The third-order valence-corrected chi connectivity index (χ3v) is 6.88. The molecule has 0 unspecified atom stereocenters. The number of amides is 1. The molecule has 1 aromatic heterocycles. The third kappa shape index (κ3) is 4.79. The van der Waals surface area contributed by atoms with E-state index in [-0.39, 0.29) is 17.2 Å². The van der Waals surface area contributed by atoms with E-state index in [4.69, 9.17) is 14.9 Å². The standard InChI is InChI=1S/C25H18N4O4S2/c1-32-19-13-16(9-10-18(19)33-24(31)20-8-5-11-34-20)12-17-22(26)29-25(27-23(17)30)35-21(28-29)14-15-6-3-2-4-7-15/h2-13,26H,14H2,1H3/b17-12-,26-22?. The van der Waals surface area contributed by atoms with Gasteiger partial charge >= 0.3 is 5.97 Å². The van der Waals surface area contributed by atoms with Gasteiger partial charge in [0.05, 0.1) is 12.7 Å². The lowest BCUT2D eigenvalue weighted by Crippen LogP contribution is -2.35. The minimum atomic E-state index is -0.517. The number of aliphatic imine (C=N–C) groups is 1. The van der Waals surface area contributed by atoms with Crippen molar-refractivity contribution in [2.75, 3.05) is 7.11 Å². The fourth-order valence-corrected chi connectivity index (χ4v) is 4.96. The number of hydrazone groups is 1. The zero-order valence-corrected chi connectivity index (χ0v) is 20.1. The molecule has 2 aliphatic heterocycles. The van der Waals surface area contributed by atoms with Crippen LogP contribution in [0.3, 0.4) is 0 Å². The molecule has 10 heteroatoms. The quantitative estimate of drug-likeness (QED) is 0.294. The topological polar surface area (TPSA) is 104 Å². The van der Waals surface area contributed by atoms with Gasteiger partial charge in [0.15, 0.2) is 17.3 Å². The maximum absolute atomic E-state index is 12.7. The van der Waals surface area contributed by atoms with Gasteiger partial charge in [-0.3, -0.25) is 10.2 Å². The first-order valence-corrected chi connectivity index (χ1v) is 12.2. The van der Waals surface area contributed by atoms with Crippen molar-refractivity contribution in [3.05, 3.63) is 87.6 Å². The monoisotopic (exact) mass is 502 g/mol. The summed E-state index contributed by atoms with van der Waals surface area (Å²) in [6.07, 6.45) is 2.14. The fraction of sp³-hybridized carbons (Fsp3) is 0.0800. The number of fused-ring (bicyclic) bond motifs is 1. The summed E-state index contributed by atoms with van der Waals surface area (Å²) < 4.78 is 10.8. The van der Waals surface area contributed by atoms with Gasteiger partial charge < -0.3 is 9.47 Å². The number of carbonyl (C=O) groups is 2. The summed E-state index contributed by atoms with van der Waals surface area (Å²) in [5, 5.41) is 17.4. The van der Waals surface area contributed by atoms with Gasteiger partial charge in [-0.05, 0) is 52.5 Å². The van der Waals surface area contributed by atoms with Gasteiger partial charge in [0.2, 0.25) is 5.17 Å². The minimum absolute atomic E-state index is 0.0530. The predicted molar refractivity (Wildman–Crippen MR) is 137 cm³/mol. The summed E-state index contributed by atoms with van der Waals surface area (Å²) in [5.41, 5.74) is 1.77. The number of carbonyl (C=O) groups excluding carboxylic acids is 2. The van der Waals surface area contributed by atoms with E-state index < -0.39 is 11.9 Å². The highest BCUT2D eigenvalue weighted by atomic mass is 32.2. The van der Waals surface area contributed by atoms with E-state index in [9.17, 15) is 9.59 Å². The number of esters is 1. The van der Waals surface area contributed by atoms with Gasteiger partial charge in [0, 0.05) is 6.42 Å². The maximum Gasteiger partial charge on any atom is 0.353 e. The van der Waals surface area contributed by atoms with Gasteiger partial charge in [-0.15, -0.1) is 11.3 Å². The van der Waals surface area contributed by atoms with Crippen molar-refractivity contribution in [3.63, 3.8) is 0 Å². The number of hydrogen-bond donors (Lipinski definition) is 1. The lowest BCUT2D eigenvalue weighted by atomic mass is 10.1. The molecule has 0 spiro atoms. The summed E-state index contributed by atoms with van der Waals surface area (Å²) in [5.74, 6) is -0.473. The molecular formula is C25H18N4O4S2. The molecule has 8 nitrogen and oxygen atoms in total. The number of rotatable bonds is 6. The number of hydrogen-bond acceptors (Lipinski definition) is 8. The largest absolute Gasteiger partial charge is 0.493 e. The molecule has 0 fully saturated rings. The molecule has 1 amide bonds. The number of nitrogens with one attached hydrogen (secondary N) is 1. The van der Waals surface area contributed by atoms with Crippen molar-refractivity contribution < 1.29 is 19.1 Å². The molecule has 0 radical (unpaired) electrons. The first-order chi connectivity index (χ1) is 17.0. The average Bonchev–Trinajstić information content (AvgIpc) is 3.54. The second-order valence-electron chi connectivity index (χ2n) is 7.45. The van der Waals surface area contributed by atoms with Crippen LogP contribution in [-0.2, 0) is 11.2 Å². The Balaban J connectivity index is 1.37. The van der Waals surface area contributed by atoms with Crippen LogP contribution in [0.1, 0.15) is 20.8 Å². The predicted octanol–water partition coefficient (Wildman–Crippen LogP) is 4.84.